The lowest BCUT2D eigenvalue weighted by molar-refractivity contribution is 0.0912. The van der Waals surface area contributed by atoms with Gasteiger partial charge in [0.15, 0.2) is 0 Å². The SMILES string of the molecule is O=C(NC(=O)c1[c]cccc1)OCc1ccccc1. The van der Waals surface area contributed by atoms with Crippen LogP contribution in [-0.2, 0) is 11.3 Å². The average molecular weight is 254 g/mol. The summed E-state index contributed by atoms with van der Waals surface area (Å²) >= 11 is 0. The molecule has 2 rings (SSSR count). The lowest BCUT2D eigenvalue weighted by atomic mass is 10.2. The van der Waals surface area contributed by atoms with Gasteiger partial charge in [-0.1, -0.05) is 48.5 Å². The molecule has 95 valence electrons. The molecule has 0 aliphatic rings. The molecule has 19 heavy (non-hydrogen) atoms. The first-order valence-electron chi connectivity index (χ1n) is 5.74. The standard InChI is InChI=1S/C15H12NO3/c17-14(13-9-5-2-6-10-13)16-15(18)19-11-12-7-3-1-4-8-12/h1-9H,11H2,(H,16,17,18). The van der Waals surface area contributed by atoms with Gasteiger partial charge < -0.3 is 4.74 Å². The highest BCUT2D eigenvalue weighted by Crippen LogP contribution is 2.01. The molecule has 0 aliphatic carbocycles. The van der Waals surface area contributed by atoms with Crippen molar-refractivity contribution >= 4 is 12.0 Å². The lowest BCUT2D eigenvalue weighted by Crippen LogP contribution is -2.30. The number of hydrogen-bond donors (Lipinski definition) is 1. The van der Waals surface area contributed by atoms with Crippen molar-refractivity contribution in [3.8, 4) is 0 Å². The van der Waals surface area contributed by atoms with Gasteiger partial charge in [0.1, 0.15) is 6.61 Å². The smallest absolute Gasteiger partial charge is 0.414 e. The molecule has 0 spiro atoms. The van der Waals surface area contributed by atoms with E-state index in [0.717, 1.165) is 5.56 Å². The summed E-state index contributed by atoms with van der Waals surface area (Å²) in [5.41, 5.74) is 1.15. The minimum atomic E-state index is -0.772. The van der Waals surface area contributed by atoms with E-state index < -0.39 is 12.0 Å². The molecule has 0 heterocycles. The fourth-order valence-electron chi connectivity index (χ4n) is 1.45. The quantitative estimate of drug-likeness (QED) is 0.915. The van der Waals surface area contributed by atoms with Crippen molar-refractivity contribution in [2.75, 3.05) is 0 Å². The molecule has 2 aromatic rings. The van der Waals surface area contributed by atoms with Gasteiger partial charge in [-0.15, -0.1) is 0 Å². The molecule has 0 aliphatic heterocycles. The van der Waals surface area contributed by atoms with Crippen LogP contribution in [0.4, 0.5) is 4.79 Å². The lowest BCUT2D eigenvalue weighted by Gasteiger charge is -2.05. The Bertz CT molecular complexity index is 552. The van der Waals surface area contributed by atoms with Crippen LogP contribution in [0, 0.1) is 6.07 Å². The molecule has 0 bridgehead atoms. The normalized spacial score (nSPS) is 9.68. The Kier molecular flexibility index (Phi) is 4.29. The number of imide groups is 1. The minimum Gasteiger partial charge on any atom is -0.444 e. The molecule has 4 heteroatoms. The van der Waals surface area contributed by atoms with Gasteiger partial charge in [0.05, 0.1) is 0 Å². The number of carbonyl (C=O) groups is 2. The van der Waals surface area contributed by atoms with E-state index in [2.05, 4.69) is 11.4 Å². The second kappa shape index (κ2) is 6.35. The molecule has 1 N–H and O–H groups in total. The molecule has 0 aromatic heterocycles. The van der Waals surface area contributed by atoms with Crippen LogP contribution in [0.3, 0.4) is 0 Å². The first-order valence-corrected chi connectivity index (χ1v) is 5.74. The van der Waals surface area contributed by atoms with Crippen LogP contribution in [0.15, 0.2) is 54.6 Å². The van der Waals surface area contributed by atoms with E-state index in [9.17, 15) is 9.59 Å². The third-order valence-electron chi connectivity index (χ3n) is 2.38. The van der Waals surface area contributed by atoms with Crippen LogP contribution in [0.5, 0.6) is 0 Å². The van der Waals surface area contributed by atoms with Crippen molar-refractivity contribution < 1.29 is 14.3 Å². The van der Waals surface area contributed by atoms with E-state index in [-0.39, 0.29) is 6.61 Å². The highest BCUT2D eigenvalue weighted by molar-refractivity contribution is 6.02. The van der Waals surface area contributed by atoms with Crippen LogP contribution >= 0.6 is 0 Å². The van der Waals surface area contributed by atoms with Gasteiger partial charge in [0.2, 0.25) is 0 Å². The van der Waals surface area contributed by atoms with Gasteiger partial charge in [0, 0.05) is 5.56 Å². The summed E-state index contributed by atoms with van der Waals surface area (Å²) in [4.78, 5) is 23.1. The predicted molar refractivity (Wildman–Crippen MR) is 69.4 cm³/mol. The fourth-order valence-corrected chi connectivity index (χ4v) is 1.45. The molecule has 0 unspecified atom stereocenters. The summed E-state index contributed by atoms with van der Waals surface area (Å²) in [5, 5.41) is 2.14. The highest BCUT2D eigenvalue weighted by atomic mass is 16.5. The third-order valence-corrected chi connectivity index (χ3v) is 2.38. The van der Waals surface area contributed by atoms with Gasteiger partial charge in [-0.3, -0.25) is 10.1 Å². The Morgan fingerprint density at radius 2 is 1.79 bits per heavy atom. The van der Waals surface area contributed by atoms with Gasteiger partial charge in [-0.25, -0.2) is 4.79 Å². The van der Waals surface area contributed by atoms with Gasteiger partial charge in [0.25, 0.3) is 5.91 Å². The first-order chi connectivity index (χ1) is 9.25. The van der Waals surface area contributed by atoms with Gasteiger partial charge >= 0.3 is 6.09 Å². The highest BCUT2D eigenvalue weighted by Gasteiger charge is 2.10. The molecule has 4 nitrogen and oxygen atoms in total. The summed E-state index contributed by atoms with van der Waals surface area (Å²) in [7, 11) is 0. The summed E-state index contributed by atoms with van der Waals surface area (Å²) in [5.74, 6) is -0.529. The number of ether oxygens (including phenoxy) is 1. The number of carbonyl (C=O) groups excluding carboxylic acids is 2. The molecule has 1 radical (unpaired) electrons. The van der Waals surface area contributed by atoms with Crippen molar-refractivity contribution in [1.82, 2.24) is 5.32 Å². The van der Waals surface area contributed by atoms with Crippen LogP contribution in [0.2, 0.25) is 0 Å². The number of amides is 2. The summed E-state index contributed by atoms with van der Waals surface area (Å²) in [6, 6.07) is 18.6. The Labute approximate surface area is 111 Å². The van der Waals surface area contributed by atoms with E-state index in [1.54, 1.807) is 24.3 Å². The number of rotatable bonds is 3. The second-order valence-corrected chi connectivity index (χ2v) is 3.79. The van der Waals surface area contributed by atoms with E-state index in [0.29, 0.717) is 5.56 Å². The zero-order valence-electron chi connectivity index (χ0n) is 10.1. The average Bonchev–Trinajstić information content (AvgIpc) is 2.47. The van der Waals surface area contributed by atoms with E-state index >= 15 is 0 Å². The Hall–Kier alpha value is -2.62. The molecular weight excluding hydrogens is 242 g/mol. The largest absolute Gasteiger partial charge is 0.444 e. The summed E-state index contributed by atoms with van der Waals surface area (Å²) in [6.07, 6.45) is -0.772. The van der Waals surface area contributed by atoms with Crippen LogP contribution < -0.4 is 5.32 Å². The van der Waals surface area contributed by atoms with E-state index in [1.165, 1.54) is 0 Å². The zero-order valence-corrected chi connectivity index (χ0v) is 10.1. The van der Waals surface area contributed by atoms with Crippen LogP contribution in [0.1, 0.15) is 15.9 Å². The molecule has 0 saturated heterocycles. The second-order valence-electron chi connectivity index (χ2n) is 3.79. The monoisotopic (exact) mass is 254 g/mol. The first kappa shape index (κ1) is 12.8. The van der Waals surface area contributed by atoms with Crippen molar-refractivity contribution in [2.45, 2.75) is 6.61 Å². The maximum absolute atomic E-state index is 11.6. The summed E-state index contributed by atoms with van der Waals surface area (Å²) < 4.78 is 4.94. The zero-order chi connectivity index (χ0) is 13.5. The molecule has 0 saturated carbocycles. The number of hydrogen-bond acceptors (Lipinski definition) is 3. The van der Waals surface area contributed by atoms with Crippen molar-refractivity contribution in [1.29, 1.82) is 0 Å². The van der Waals surface area contributed by atoms with Crippen LogP contribution in [0.25, 0.3) is 0 Å². The van der Waals surface area contributed by atoms with Crippen LogP contribution in [-0.4, -0.2) is 12.0 Å². The third kappa shape index (κ3) is 3.96. The van der Waals surface area contributed by atoms with E-state index in [4.69, 9.17) is 4.74 Å². The maximum atomic E-state index is 11.6. The molecule has 0 fully saturated rings. The summed E-state index contributed by atoms with van der Waals surface area (Å²) in [6.45, 7) is 0.123. The topological polar surface area (TPSA) is 55.4 Å². The number of alkyl carbamates (subject to hydrolysis) is 1. The van der Waals surface area contributed by atoms with E-state index in [1.807, 2.05) is 30.3 Å². The maximum Gasteiger partial charge on any atom is 0.414 e. The fraction of sp³-hybridized carbons (Fsp3) is 0.0667. The molecular formula is C15H12NO3. The minimum absolute atomic E-state index is 0.123. The molecule has 2 aromatic carbocycles. The van der Waals surface area contributed by atoms with Crippen molar-refractivity contribution in [3.63, 3.8) is 0 Å². The Balaban J connectivity index is 1.83. The van der Waals surface area contributed by atoms with Gasteiger partial charge in [-0.2, -0.15) is 0 Å². The van der Waals surface area contributed by atoms with Gasteiger partial charge in [-0.05, 0) is 17.7 Å². The van der Waals surface area contributed by atoms with Crippen molar-refractivity contribution in [3.05, 3.63) is 71.8 Å². The predicted octanol–water partition coefficient (Wildman–Crippen LogP) is 2.55. The Morgan fingerprint density at radius 3 is 2.47 bits per heavy atom. The molecule has 0 atom stereocenters. The number of nitrogens with one attached hydrogen (secondary N) is 1. The molecule has 2 amide bonds. The Morgan fingerprint density at radius 1 is 1.05 bits per heavy atom. The number of benzene rings is 2. The van der Waals surface area contributed by atoms with Crippen molar-refractivity contribution in [2.24, 2.45) is 0 Å².